The van der Waals surface area contributed by atoms with E-state index in [4.69, 9.17) is 14.2 Å². The predicted octanol–water partition coefficient (Wildman–Crippen LogP) is 5.42. The lowest BCUT2D eigenvalue weighted by molar-refractivity contribution is -0.302. The van der Waals surface area contributed by atoms with Gasteiger partial charge >= 0.3 is 6.09 Å². The number of anilines is 1. The highest BCUT2D eigenvalue weighted by Gasteiger charge is 2.74. The van der Waals surface area contributed by atoms with Crippen molar-refractivity contribution >= 4 is 17.6 Å². The number of nitrogens with zero attached hydrogens (tertiary/aromatic N) is 1. The first-order chi connectivity index (χ1) is 18.1. The van der Waals surface area contributed by atoms with Gasteiger partial charge in [0.2, 0.25) is 0 Å². The van der Waals surface area contributed by atoms with Crippen LogP contribution in [0.3, 0.4) is 0 Å². The van der Waals surface area contributed by atoms with E-state index in [1.54, 1.807) is 20.8 Å². The first-order valence-electron chi connectivity index (χ1n) is 13.7. The van der Waals surface area contributed by atoms with Gasteiger partial charge in [0.25, 0.3) is 0 Å². The number of hydrogen-bond donors (Lipinski definition) is 1. The van der Waals surface area contributed by atoms with Crippen molar-refractivity contribution in [1.29, 1.82) is 0 Å². The molecule has 212 valence electrons. The number of halogens is 1. The van der Waals surface area contributed by atoms with Crippen LogP contribution in [-0.2, 0) is 19.0 Å². The monoisotopic (exact) mass is 541 g/mol. The number of hydrogen-bond acceptors (Lipinski definition) is 6. The minimum absolute atomic E-state index is 0.0834. The number of allylic oxidation sites excluding steroid dienone is 1. The summed E-state index contributed by atoms with van der Waals surface area (Å²) in [6, 6.07) is 5.48. The largest absolute Gasteiger partial charge is 0.438 e. The van der Waals surface area contributed by atoms with E-state index in [9.17, 15) is 19.1 Å². The summed E-state index contributed by atoms with van der Waals surface area (Å²) in [4.78, 5) is 29.5. The van der Waals surface area contributed by atoms with Crippen molar-refractivity contribution in [3.63, 3.8) is 0 Å². The van der Waals surface area contributed by atoms with Gasteiger partial charge in [-0.3, -0.25) is 9.69 Å². The van der Waals surface area contributed by atoms with Crippen molar-refractivity contribution in [3.05, 3.63) is 53.4 Å². The van der Waals surface area contributed by atoms with Gasteiger partial charge in [-0.1, -0.05) is 39.8 Å². The summed E-state index contributed by atoms with van der Waals surface area (Å²) in [5, 5.41) is 13.1. The molecule has 8 heteroatoms. The van der Waals surface area contributed by atoms with Crippen LogP contribution < -0.4 is 4.90 Å². The zero-order valence-electron chi connectivity index (χ0n) is 24.1. The van der Waals surface area contributed by atoms with Crippen molar-refractivity contribution in [2.75, 3.05) is 18.6 Å². The van der Waals surface area contributed by atoms with Gasteiger partial charge in [0.15, 0.2) is 23.3 Å². The summed E-state index contributed by atoms with van der Waals surface area (Å²) in [5.41, 5.74) is -1.93. The minimum atomic E-state index is -1.91. The Morgan fingerprint density at radius 2 is 1.77 bits per heavy atom. The second-order valence-electron chi connectivity index (χ2n) is 13.0. The summed E-state index contributed by atoms with van der Waals surface area (Å²) in [5.74, 6) is -2.10. The number of aliphatic hydroxyl groups is 1. The number of ether oxygens (including phenoxy) is 3. The van der Waals surface area contributed by atoms with Crippen LogP contribution in [0.4, 0.5) is 14.9 Å². The molecule has 4 aliphatic rings. The fraction of sp³-hybridized carbons (Fsp3) is 0.613. The Hall–Kier alpha value is -2.55. The Labute approximate surface area is 230 Å². The van der Waals surface area contributed by atoms with E-state index in [-0.39, 0.29) is 29.6 Å². The number of amides is 1. The Morgan fingerprint density at radius 1 is 1.13 bits per heavy atom. The average molecular weight is 542 g/mol. The highest BCUT2D eigenvalue weighted by atomic mass is 19.1. The van der Waals surface area contributed by atoms with Gasteiger partial charge in [0, 0.05) is 18.7 Å². The number of Topliss-reactive ketones (excluding diaryl/α,β-unsaturated/α-hetero) is 1. The summed E-state index contributed by atoms with van der Waals surface area (Å²) < 4.78 is 32.0. The molecule has 2 bridgehead atoms. The molecule has 0 radical (unpaired) electrons. The maximum atomic E-state index is 14.8. The quantitative estimate of drug-likeness (QED) is 0.503. The molecule has 1 spiro atoms. The Balaban J connectivity index is 1.66. The van der Waals surface area contributed by atoms with Crippen LogP contribution >= 0.6 is 0 Å². The first kappa shape index (κ1) is 28.0. The van der Waals surface area contributed by atoms with Crippen LogP contribution in [0.25, 0.3) is 0 Å². The molecule has 1 N–H and O–H groups in total. The Kier molecular flexibility index (Phi) is 6.45. The van der Waals surface area contributed by atoms with Crippen molar-refractivity contribution in [2.45, 2.75) is 78.5 Å². The molecule has 7 atom stereocenters. The Bertz CT molecular complexity index is 1250. The second-order valence-corrected chi connectivity index (χ2v) is 13.0. The molecule has 1 saturated heterocycles. The van der Waals surface area contributed by atoms with Crippen LogP contribution in [0.5, 0.6) is 0 Å². The number of ketones is 1. The van der Waals surface area contributed by atoms with E-state index < -0.39 is 46.8 Å². The molecule has 0 aromatic heterocycles. The van der Waals surface area contributed by atoms with Gasteiger partial charge < -0.3 is 19.3 Å². The zero-order chi connectivity index (χ0) is 28.7. The lowest BCUT2D eigenvalue weighted by Gasteiger charge is -2.52. The van der Waals surface area contributed by atoms with Gasteiger partial charge in [-0.2, -0.15) is 0 Å². The maximum absolute atomic E-state index is 14.8. The van der Waals surface area contributed by atoms with Gasteiger partial charge in [-0.25, -0.2) is 9.18 Å². The predicted molar refractivity (Wildman–Crippen MR) is 144 cm³/mol. The fourth-order valence-corrected chi connectivity index (χ4v) is 7.31. The number of benzene rings is 1. The van der Waals surface area contributed by atoms with E-state index in [2.05, 4.69) is 20.8 Å². The fourth-order valence-electron chi connectivity index (χ4n) is 7.31. The van der Waals surface area contributed by atoms with Crippen LogP contribution in [0, 0.1) is 34.4 Å². The smallest absolute Gasteiger partial charge is 0.414 e. The van der Waals surface area contributed by atoms with Gasteiger partial charge in [-0.15, -0.1) is 0 Å². The molecule has 1 amide bonds. The SMILES string of the molecule is CC1=CC23C(=O)[C@@H](C=C4COC(C)(C)O[C@H]4[C@]2(O)[C@H]1OC(=O)N(C)c1ccc(F)cc1)C(C)(C)[C@@H](C)CC3C. The van der Waals surface area contributed by atoms with Crippen molar-refractivity contribution in [2.24, 2.45) is 28.6 Å². The number of fused-ring (bicyclic) bond motifs is 3. The first-order valence-corrected chi connectivity index (χ1v) is 13.7. The third-order valence-electron chi connectivity index (χ3n) is 9.99. The molecular formula is C31H40FNO6. The van der Waals surface area contributed by atoms with Crippen LogP contribution in [0.2, 0.25) is 0 Å². The molecule has 1 saturated carbocycles. The van der Waals surface area contributed by atoms with E-state index in [1.807, 2.05) is 19.1 Å². The van der Waals surface area contributed by atoms with Crippen molar-refractivity contribution < 1.29 is 33.3 Å². The molecule has 7 nitrogen and oxygen atoms in total. The van der Waals surface area contributed by atoms with Crippen LogP contribution in [-0.4, -0.2) is 54.2 Å². The average Bonchev–Trinajstić information content (AvgIpc) is 3.02. The molecular weight excluding hydrogens is 501 g/mol. The van der Waals surface area contributed by atoms with E-state index in [1.165, 1.54) is 36.2 Å². The third kappa shape index (κ3) is 3.93. The van der Waals surface area contributed by atoms with Gasteiger partial charge in [0.1, 0.15) is 11.9 Å². The highest BCUT2D eigenvalue weighted by Crippen LogP contribution is 2.63. The number of carbonyl (C=O) groups excluding carboxylic acids is 2. The molecule has 2 unspecified atom stereocenters. The lowest BCUT2D eigenvalue weighted by atomic mass is 9.59. The summed E-state index contributed by atoms with van der Waals surface area (Å²) >= 11 is 0. The van der Waals surface area contributed by atoms with Crippen molar-refractivity contribution in [1.82, 2.24) is 0 Å². The highest BCUT2D eigenvalue weighted by molar-refractivity contribution is 5.95. The van der Waals surface area contributed by atoms with Crippen LogP contribution in [0.15, 0.2) is 47.6 Å². The van der Waals surface area contributed by atoms with Gasteiger partial charge in [0.05, 0.1) is 12.0 Å². The third-order valence-corrected chi connectivity index (χ3v) is 9.99. The standard InChI is InChI=1S/C31H40FNO6/c1-17-15-30-19(3)13-18(2)28(4,5)23(24(30)34)14-20-16-37-29(6,7)39-26(20)31(30,36)25(17)38-27(35)33(8)22-11-9-21(32)10-12-22/h9-12,14-15,18-19,23,25-26,36H,13,16H2,1-8H3/t18-,19?,23+,25-,26+,30?,31+/m0/s1. The molecule has 1 aromatic carbocycles. The zero-order valence-corrected chi connectivity index (χ0v) is 24.1. The number of rotatable bonds is 2. The number of carbonyl (C=O) groups is 2. The maximum Gasteiger partial charge on any atom is 0.414 e. The topological polar surface area (TPSA) is 85.3 Å². The molecule has 1 heterocycles. The van der Waals surface area contributed by atoms with E-state index >= 15 is 0 Å². The second kappa shape index (κ2) is 8.98. The molecule has 1 aliphatic heterocycles. The minimum Gasteiger partial charge on any atom is -0.438 e. The van der Waals surface area contributed by atoms with E-state index in [0.29, 0.717) is 23.3 Å². The summed E-state index contributed by atoms with van der Waals surface area (Å²) in [7, 11) is 1.52. The molecule has 2 fully saturated rings. The van der Waals surface area contributed by atoms with Crippen LogP contribution in [0.1, 0.15) is 54.9 Å². The molecule has 3 aliphatic carbocycles. The van der Waals surface area contributed by atoms with Gasteiger partial charge in [-0.05, 0) is 79.9 Å². The van der Waals surface area contributed by atoms with E-state index in [0.717, 1.165) is 0 Å². The summed E-state index contributed by atoms with van der Waals surface area (Å²) in [6.07, 6.45) is 1.67. The summed E-state index contributed by atoms with van der Waals surface area (Å²) in [6.45, 7) is 13.9. The van der Waals surface area contributed by atoms with Crippen molar-refractivity contribution in [3.8, 4) is 0 Å². The molecule has 5 rings (SSSR count). The lowest BCUT2D eigenvalue weighted by Crippen LogP contribution is -2.68. The molecule has 39 heavy (non-hydrogen) atoms. The normalized spacial score (nSPS) is 38.4. The Morgan fingerprint density at radius 3 is 2.41 bits per heavy atom. The molecule has 1 aromatic rings.